The Morgan fingerprint density at radius 1 is 1.13 bits per heavy atom. The summed E-state index contributed by atoms with van der Waals surface area (Å²) in [5.41, 5.74) is 2.25. The zero-order chi connectivity index (χ0) is 20.7. The fraction of sp³-hybridized carbons (Fsp3) is 0.565. The summed E-state index contributed by atoms with van der Waals surface area (Å²) < 4.78 is 5.23. The van der Waals surface area contributed by atoms with Gasteiger partial charge in [0.25, 0.3) is 0 Å². The van der Waals surface area contributed by atoms with Crippen molar-refractivity contribution < 1.29 is 14.0 Å². The molecular formula is C23H28N4O3. The predicted octanol–water partition coefficient (Wildman–Crippen LogP) is 3.71. The first kappa shape index (κ1) is 19.3. The van der Waals surface area contributed by atoms with Crippen LogP contribution < -0.4 is 10.6 Å². The minimum absolute atomic E-state index is 0.119. The molecule has 0 atom stereocenters. The molecule has 1 heterocycles. The number of hydrogen-bond donors (Lipinski definition) is 2. The Hall–Kier alpha value is -2.70. The van der Waals surface area contributed by atoms with E-state index in [-0.39, 0.29) is 23.7 Å². The Kier molecular flexibility index (Phi) is 4.83. The van der Waals surface area contributed by atoms with Crippen molar-refractivity contribution in [3.05, 3.63) is 30.2 Å². The van der Waals surface area contributed by atoms with Gasteiger partial charge >= 0.3 is 0 Å². The van der Waals surface area contributed by atoms with Crippen LogP contribution in [-0.2, 0) is 9.59 Å². The van der Waals surface area contributed by atoms with Crippen LogP contribution in [0.2, 0.25) is 0 Å². The maximum absolute atomic E-state index is 13.0. The van der Waals surface area contributed by atoms with Crippen LogP contribution in [0.1, 0.15) is 50.5 Å². The molecule has 0 spiro atoms. The van der Waals surface area contributed by atoms with Gasteiger partial charge in [0, 0.05) is 29.6 Å². The summed E-state index contributed by atoms with van der Waals surface area (Å²) >= 11 is 0. The van der Waals surface area contributed by atoms with Crippen LogP contribution in [0.3, 0.4) is 0 Å². The van der Waals surface area contributed by atoms with E-state index in [2.05, 4.69) is 20.8 Å². The molecule has 4 aliphatic rings. The number of anilines is 1. The van der Waals surface area contributed by atoms with Crippen LogP contribution in [0.25, 0.3) is 11.5 Å². The highest BCUT2D eigenvalue weighted by molar-refractivity contribution is 5.92. The summed E-state index contributed by atoms with van der Waals surface area (Å²) in [5.74, 6) is 2.67. The van der Waals surface area contributed by atoms with E-state index in [9.17, 15) is 9.59 Å². The lowest BCUT2D eigenvalue weighted by atomic mass is 9.49. The summed E-state index contributed by atoms with van der Waals surface area (Å²) in [6, 6.07) is 5.61. The molecule has 2 aromatic rings. The second-order valence-electron chi connectivity index (χ2n) is 9.53. The molecule has 2 N–H and O–H groups in total. The molecule has 1 aromatic heterocycles. The number of nitrogens with one attached hydrogen (secondary N) is 2. The average Bonchev–Trinajstić information content (AvgIpc) is 3.23. The third kappa shape index (κ3) is 3.61. The van der Waals surface area contributed by atoms with Gasteiger partial charge in [0.1, 0.15) is 0 Å². The molecule has 4 saturated carbocycles. The maximum Gasteiger partial charge on any atom is 0.247 e. The number of hydrogen-bond acceptors (Lipinski definition) is 5. The van der Waals surface area contributed by atoms with Gasteiger partial charge in [0.05, 0.1) is 0 Å². The van der Waals surface area contributed by atoms with E-state index in [0.29, 0.717) is 18.1 Å². The number of rotatable bonds is 6. The van der Waals surface area contributed by atoms with Crippen molar-refractivity contribution in [3.63, 3.8) is 0 Å². The van der Waals surface area contributed by atoms with Crippen LogP contribution in [0, 0.1) is 30.1 Å². The monoisotopic (exact) mass is 408 g/mol. The SMILES string of the molecule is Cc1ccc(-c2nnco2)cc1NC(=O)CCNC(=O)C12CC3CC(CC(C3)C1)C2. The Bertz CT molecular complexity index is 918. The van der Waals surface area contributed by atoms with Gasteiger partial charge < -0.3 is 15.1 Å². The molecule has 158 valence electrons. The Morgan fingerprint density at radius 3 is 2.47 bits per heavy atom. The van der Waals surface area contributed by atoms with Crippen LogP contribution in [-0.4, -0.2) is 28.6 Å². The van der Waals surface area contributed by atoms with Crippen molar-refractivity contribution in [2.24, 2.45) is 23.2 Å². The minimum atomic E-state index is -0.166. The second-order valence-corrected chi connectivity index (χ2v) is 9.53. The molecule has 0 aliphatic heterocycles. The van der Waals surface area contributed by atoms with Crippen molar-refractivity contribution >= 4 is 17.5 Å². The van der Waals surface area contributed by atoms with E-state index < -0.39 is 0 Å². The van der Waals surface area contributed by atoms with Gasteiger partial charge in [-0.15, -0.1) is 10.2 Å². The number of carbonyl (C=O) groups is 2. The summed E-state index contributed by atoms with van der Waals surface area (Å²) in [6.07, 6.45) is 8.60. The zero-order valence-electron chi connectivity index (χ0n) is 17.3. The zero-order valence-corrected chi connectivity index (χ0v) is 17.3. The smallest absolute Gasteiger partial charge is 0.247 e. The molecule has 7 heteroatoms. The van der Waals surface area contributed by atoms with Crippen molar-refractivity contribution in [3.8, 4) is 11.5 Å². The molecule has 0 unspecified atom stereocenters. The normalized spacial score (nSPS) is 29.0. The molecule has 4 fully saturated rings. The van der Waals surface area contributed by atoms with E-state index in [4.69, 9.17) is 4.42 Å². The van der Waals surface area contributed by atoms with Gasteiger partial charge in [0.15, 0.2) is 0 Å². The molecule has 30 heavy (non-hydrogen) atoms. The first-order valence-electron chi connectivity index (χ1n) is 11.0. The Balaban J connectivity index is 1.16. The largest absolute Gasteiger partial charge is 0.423 e. The van der Waals surface area contributed by atoms with Gasteiger partial charge in [-0.05, 0) is 80.9 Å². The molecule has 7 nitrogen and oxygen atoms in total. The first-order valence-corrected chi connectivity index (χ1v) is 11.0. The molecule has 4 bridgehead atoms. The quantitative estimate of drug-likeness (QED) is 0.759. The average molecular weight is 409 g/mol. The lowest BCUT2D eigenvalue weighted by molar-refractivity contribution is -0.146. The van der Waals surface area contributed by atoms with Gasteiger partial charge in [-0.3, -0.25) is 9.59 Å². The van der Waals surface area contributed by atoms with E-state index >= 15 is 0 Å². The number of aryl methyl sites for hydroxylation is 1. The van der Waals surface area contributed by atoms with Crippen LogP contribution >= 0.6 is 0 Å². The maximum atomic E-state index is 13.0. The fourth-order valence-corrected chi connectivity index (χ4v) is 6.27. The van der Waals surface area contributed by atoms with Crippen LogP contribution in [0.4, 0.5) is 5.69 Å². The van der Waals surface area contributed by atoms with E-state index in [0.717, 1.165) is 48.1 Å². The molecular weight excluding hydrogens is 380 g/mol. The highest BCUT2D eigenvalue weighted by Gasteiger charge is 2.54. The molecule has 0 saturated heterocycles. The highest BCUT2D eigenvalue weighted by atomic mass is 16.4. The van der Waals surface area contributed by atoms with E-state index in [1.54, 1.807) is 0 Å². The second kappa shape index (κ2) is 7.52. The molecule has 6 rings (SSSR count). The van der Waals surface area contributed by atoms with Crippen molar-refractivity contribution in [2.75, 3.05) is 11.9 Å². The Morgan fingerprint density at radius 2 is 1.83 bits per heavy atom. The fourth-order valence-electron chi connectivity index (χ4n) is 6.27. The summed E-state index contributed by atoms with van der Waals surface area (Å²) in [6.45, 7) is 2.30. The van der Waals surface area contributed by atoms with E-state index in [1.807, 2.05) is 25.1 Å². The highest BCUT2D eigenvalue weighted by Crippen LogP contribution is 2.60. The summed E-state index contributed by atoms with van der Waals surface area (Å²) in [7, 11) is 0. The van der Waals surface area contributed by atoms with Gasteiger partial charge in [-0.1, -0.05) is 6.07 Å². The van der Waals surface area contributed by atoms with Crippen LogP contribution in [0.5, 0.6) is 0 Å². The van der Waals surface area contributed by atoms with Crippen molar-refractivity contribution in [2.45, 2.75) is 51.9 Å². The molecule has 1 aromatic carbocycles. The van der Waals surface area contributed by atoms with Gasteiger partial charge in [-0.25, -0.2) is 0 Å². The molecule has 0 radical (unpaired) electrons. The number of nitrogens with zero attached hydrogens (tertiary/aromatic N) is 2. The standard InChI is InChI=1S/C23H28N4O3/c1-14-2-3-18(21-27-25-13-30-21)9-19(14)26-20(28)4-5-24-22(29)23-10-15-6-16(11-23)8-17(7-15)12-23/h2-3,9,13,15-17H,4-8,10-12H2,1H3,(H,24,29)(H,26,28). The lowest BCUT2D eigenvalue weighted by Gasteiger charge is -2.55. The van der Waals surface area contributed by atoms with Crippen LogP contribution in [0.15, 0.2) is 29.0 Å². The molecule has 4 aliphatic carbocycles. The van der Waals surface area contributed by atoms with Crippen molar-refractivity contribution in [1.82, 2.24) is 15.5 Å². The van der Waals surface area contributed by atoms with Gasteiger partial charge in [-0.2, -0.15) is 0 Å². The van der Waals surface area contributed by atoms with E-state index in [1.165, 1.54) is 25.7 Å². The predicted molar refractivity (Wildman–Crippen MR) is 111 cm³/mol. The third-order valence-electron chi connectivity index (χ3n) is 7.28. The summed E-state index contributed by atoms with van der Waals surface area (Å²) in [4.78, 5) is 25.5. The topological polar surface area (TPSA) is 97.1 Å². The number of aromatic nitrogens is 2. The van der Waals surface area contributed by atoms with Crippen molar-refractivity contribution in [1.29, 1.82) is 0 Å². The number of carbonyl (C=O) groups excluding carboxylic acids is 2. The Labute approximate surface area is 176 Å². The third-order valence-corrected chi connectivity index (χ3v) is 7.28. The summed E-state index contributed by atoms with van der Waals surface area (Å²) in [5, 5.41) is 13.6. The van der Waals surface area contributed by atoms with Gasteiger partial charge in [0.2, 0.25) is 24.1 Å². The molecule has 2 amide bonds. The first-order chi connectivity index (χ1) is 14.5. The number of amides is 2. The number of benzene rings is 1. The minimum Gasteiger partial charge on any atom is -0.423 e. The lowest BCUT2D eigenvalue weighted by Crippen LogP contribution is -2.53.